The largest absolute Gasteiger partial charge is 0.384 e. The summed E-state index contributed by atoms with van der Waals surface area (Å²) in [5.41, 5.74) is 9.01. The number of hydrogen-bond acceptors (Lipinski definition) is 5. The average molecular weight is 510 g/mol. The molecule has 0 unspecified atom stereocenters. The van der Waals surface area contributed by atoms with E-state index in [-0.39, 0.29) is 23.7 Å². The van der Waals surface area contributed by atoms with E-state index < -0.39 is 0 Å². The van der Waals surface area contributed by atoms with Crippen LogP contribution in [0.1, 0.15) is 36.8 Å². The second kappa shape index (κ2) is 11.9. The van der Waals surface area contributed by atoms with Gasteiger partial charge in [-0.05, 0) is 85.7 Å². The standard InChI is InChI=1S/C28H36ClN5O2/c1-32(2)27(35)18-25(21-3-5-24(29)6-4-21)22-10-15-34(16-11-22)28(36)23-8-13-33(14-9-23)19-20-7-12-31-26(30)17-20/h3-7,12,17-18,22-23H,8-11,13-16,19H2,1-2H3,(H2,30,31). The maximum atomic E-state index is 13.3. The molecule has 2 aliphatic rings. The number of nitrogens with two attached hydrogens (primary N) is 1. The quantitative estimate of drug-likeness (QED) is 0.596. The summed E-state index contributed by atoms with van der Waals surface area (Å²) < 4.78 is 0. The van der Waals surface area contributed by atoms with Gasteiger partial charge in [0.1, 0.15) is 5.82 Å². The van der Waals surface area contributed by atoms with E-state index in [0.717, 1.165) is 75.1 Å². The third-order valence-corrected chi connectivity index (χ3v) is 7.58. The molecule has 1 aromatic carbocycles. The third-order valence-electron chi connectivity index (χ3n) is 7.33. The number of hydrogen-bond donors (Lipinski definition) is 1. The number of piperidine rings is 2. The van der Waals surface area contributed by atoms with E-state index >= 15 is 0 Å². The summed E-state index contributed by atoms with van der Waals surface area (Å²) >= 11 is 6.09. The molecule has 3 heterocycles. The Labute approximate surface area is 218 Å². The van der Waals surface area contributed by atoms with Gasteiger partial charge >= 0.3 is 0 Å². The topological polar surface area (TPSA) is 82.8 Å². The number of carbonyl (C=O) groups excluding carboxylic acids is 2. The number of likely N-dealkylation sites (N-methyl/N-ethyl adjacent to an activating group) is 1. The van der Waals surface area contributed by atoms with Crippen molar-refractivity contribution < 1.29 is 9.59 Å². The Bertz CT molecular complexity index is 1090. The number of pyridine rings is 1. The highest BCUT2D eigenvalue weighted by molar-refractivity contribution is 6.30. The molecule has 2 fully saturated rings. The van der Waals surface area contributed by atoms with Crippen molar-refractivity contribution in [3.63, 3.8) is 0 Å². The summed E-state index contributed by atoms with van der Waals surface area (Å²) in [5, 5.41) is 0.674. The number of amides is 2. The maximum Gasteiger partial charge on any atom is 0.246 e. The third kappa shape index (κ3) is 6.65. The molecule has 0 radical (unpaired) electrons. The molecule has 0 spiro atoms. The molecule has 192 valence electrons. The second-order valence-corrected chi connectivity index (χ2v) is 10.5. The molecule has 0 atom stereocenters. The van der Waals surface area contributed by atoms with Crippen LogP contribution < -0.4 is 5.73 Å². The highest BCUT2D eigenvalue weighted by atomic mass is 35.5. The Morgan fingerprint density at radius 1 is 1.03 bits per heavy atom. The van der Waals surface area contributed by atoms with Crippen LogP contribution >= 0.6 is 11.6 Å². The number of aromatic nitrogens is 1. The summed E-state index contributed by atoms with van der Waals surface area (Å²) in [6, 6.07) is 11.6. The summed E-state index contributed by atoms with van der Waals surface area (Å²) in [7, 11) is 3.52. The molecule has 1 aromatic heterocycles. The zero-order valence-electron chi connectivity index (χ0n) is 21.2. The Hall–Kier alpha value is -2.90. The Morgan fingerprint density at radius 3 is 2.28 bits per heavy atom. The molecule has 8 heteroatoms. The summed E-state index contributed by atoms with van der Waals surface area (Å²) in [4.78, 5) is 35.9. The number of allylic oxidation sites excluding steroid dienone is 1. The Balaban J connectivity index is 1.33. The molecule has 0 bridgehead atoms. The Kier molecular flexibility index (Phi) is 8.64. The number of benzene rings is 1. The molecular weight excluding hydrogens is 474 g/mol. The maximum absolute atomic E-state index is 13.3. The highest BCUT2D eigenvalue weighted by Gasteiger charge is 2.32. The molecular formula is C28H36ClN5O2. The second-order valence-electron chi connectivity index (χ2n) is 10.1. The zero-order chi connectivity index (χ0) is 25.7. The lowest BCUT2D eigenvalue weighted by molar-refractivity contribution is -0.138. The smallest absolute Gasteiger partial charge is 0.246 e. The molecule has 0 saturated carbocycles. The van der Waals surface area contributed by atoms with Crippen LogP contribution in [-0.4, -0.2) is 71.8 Å². The first-order valence-corrected chi connectivity index (χ1v) is 13.1. The van der Waals surface area contributed by atoms with Gasteiger partial charge in [0.2, 0.25) is 11.8 Å². The van der Waals surface area contributed by atoms with Crippen molar-refractivity contribution >= 4 is 34.8 Å². The van der Waals surface area contributed by atoms with Crippen LogP contribution in [0.2, 0.25) is 5.02 Å². The normalized spacial score (nSPS) is 18.3. The van der Waals surface area contributed by atoms with Crippen LogP contribution in [0.4, 0.5) is 5.82 Å². The van der Waals surface area contributed by atoms with Crippen LogP contribution in [0.25, 0.3) is 5.57 Å². The summed E-state index contributed by atoms with van der Waals surface area (Å²) in [6.07, 6.45) is 6.96. The fraction of sp³-hybridized carbons (Fsp3) is 0.464. The predicted molar refractivity (Wildman–Crippen MR) is 144 cm³/mol. The van der Waals surface area contributed by atoms with Gasteiger partial charge in [-0.15, -0.1) is 0 Å². The van der Waals surface area contributed by atoms with Gasteiger partial charge in [-0.3, -0.25) is 14.5 Å². The molecule has 2 saturated heterocycles. The van der Waals surface area contributed by atoms with E-state index in [0.29, 0.717) is 10.8 Å². The van der Waals surface area contributed by atoms with Crippen molar-refractivity contribution in [1.82, 2.24) is 19.7 Å². The van der Waals surface area contributed by atoms with Crippen LogP contribution in [0.3, 0.4) is 0 Å². The van der Waals surface area contributed by atoms with Gasteiger partial charge in [-0.1, -0.05) is 23.7 Å². The highest BCUT2D eigenvalue weighted by Crippen LogP contribution is 2.34. The van der Waals surface area contributed by atoms with Gasteiger partial charge in [0.25, 0.3) is 0 Å². The minimum Gasteiger partial charge on any atom is -0.384 e. The van der Waals surface area contributed by atoms with Crippen LogP contribution in [0, 0.1) is 11.8 Å². The summed E-state index contributed by atoms with van der Waals surface area (Å²) in [6.45, 7) is 4.10. The molecule has 2 amide bonds. The van der Waals surface area contributed by atoms with Gasteiger partial charge < -0.3 is 15.5 Å². The van der Waals surface area contributed by atoms with Crippen molar-refractivity contribution in [3.05, 3.63) is 64.8 Å². The van der Waals surface area contributed by atoms with E-state index in [1.54, 1.807) is 31.3 Å². The minimum absolute atomic E-state index is 0.0281. The molecule has 2 N–H and O–H groups in total. The minimum atomic E-state index is -0.0281. The monoisotopic (exact) mass is 509 g/mol. The molecule has 2 aliphatic heterocycles. The lowest BCUT2D eigenvalue weighted by Gasteiger charge is -2.38. The number of anilines is 1. The fourth-order valence-electron chi connectivity index (χ4n) is 5.20. The van der Waals surface area contributed by atoms with Crippen molar-refractivity contribution in [2.75, 3.05) is 46.0 Å². The molecule has 36 heavy (non-hydrogen) atoms. The Morgan fingerprint density at radius 2 is 1.67 bits per heavy atom. The number of carbonyl (C=O) groups is 2. The number of nitrogen functional groups attached to an aromatic ring is 1. The van der Waals surface area contributed by atoms with Crippen molar-refractivity contribution in [2.24, 2.45) is 11.8 Å². The van der Waals surface area contributed by atoms with Crippen molar-refractivity contribution in [1.29, 1.82) is 0 Å². The molecule has 4 rings (SSSR count). The van der Waals surface area contributed by atoms with Gasteiger partial charge in [0, 0.05) is 56.9 Å². The van der Waals surface area contributed by atoms with Crippen molar-refractivity contribution in [2.45, 2.75) is 32.2 Å². The van der Waals surface area contributed by atoms with Gasteiger partial charge in [0.05, 0.1) is 0 Å². The number of halogens is 1. The van der Waals surface area contributed by atoms with E-state index in [9.17, 15) is 9.59 Å². The van der Waals surface area contributed by atoms with Gasteiger partial charge in [-0.2, -0.15) is 0 Å². The summed E-state index contributed by atoms with van der Waals surface area (Å²) in [5.74, 6) is 1.11. The first kappa shape index (κ1) is 26.2. The zero-order valence-corrected chi connectivity index (χ0v) is 22.0. The number of nitrogens with zero attached hydrogens (tertiary/aromatic N) is 4. The number of likely N-dealkylation sites (tertiary alicyclic amines) is 2. The molecule has 7 nitrogen and oxygen atoms in total. The average Bonchev–Trinajstić information content (AvgIpc) is 2.88. The van der Waals surface area contributed by atoms with Crippen LogP contribution in [0.5, 0.6) is 0 Å². The van der Waals surface area contributed by atoms with E-state index in [2.05, 4.69) is 9.88 Å². The van der Waals surface area contributed by atoms with Crippen molar-refractivity contribution in [3.8, 4) is 0 Å². The van der Waals surface area contributed by atoms with E-state index in [1.165, 1.54) is 0 Å². The molecule has 2 aromatic rings. The van der Waals surface area contributed by atoms with Crippen LogP contribution in [-0.2, 0) is 16.1 Å². The van der Waals surface area contributed by atoms with Gasteiger partial charge in [0.15, 0.2) is 0 Å². The SMILES string of the molecule is CN(C)C(=O)C=C(c1ccc(Cl)cc1)C1CCN(C(=O)C2CCN(Cc3ccnc(N)c3)CC2)CC1. The lowest BCUT2D eigenvalue weighted by atomic mass is 9.84. The lowest BCUT2D eigenvalue weighted by Crippen LogP contribution is -2.45. The first-order valence-electron chi connectivity index (χ1n) is 12.7. The predicted octanol–water partition coefficient (Wildman–Crippen LogP) is 3.94. The number of rotatable bonds is 6. The van der Waals surface area contributed by atoms with Crippen LogP contribution in [0.15, 0.2) is 48.7 Å². The first-order chi connectivity index (χ1) is 17.3. The molecule has 0 aliphatic carbocycles. The van der Waals surface area contributed by atoms with E-state index in [1.807, 2.05) is 41.3 Å². The fourth-order valence-corrected chi connectivity index (χ4v) is 5.33. The van der Waals surface area contributed by atoms with E-state index in [4.69, 9.17) is 17.3 Å². The van der Waals surface area contributed by atoms with Gasteiger partial charge in [-0.25, -0.2) is 4.98 Å².